The number of piperidine rings is 1. The van der Waals surface area contributed by atoms with E-state index in [0.717, 1.165) is 24.2 Å². The van der Waals surface area contributed by atoms with E-state index in [9.17, 15) is 14.0 Å². The molecule has 2 aromatic carbocycles. The molecule has 0 spiro atoms. The molecule has 7 heteroatoms. The molecule has 2 aromatic rings. The second-order valence-electron chi connectivity index (χ2n) is 6.82. The quantitative estimate of drug-likeness (QED) is 0.665. The van der Waals surface area contributed by atoms with Crippen LogP contribution in [0.1, 0.15) is 24.8 Å². The van der Waals surface area contributed by atoms with E-state index in [2.05, 4.69) is 0 Å². The number of carbonyl (C=O) groups excluding carboxylic acids is 2. The summed E-state index contributed by atoms with van der Waals surface area (Å²) >= 11 is 12.1. The average molecular weight is 419 g/mol. The molecule has 28 heavy (non-hydrogen) atoms. The van der Waals surface area contributed by atoms with Gasteiger partial charge in [-0.3, -0.25) is 9.59 Å². The van der Waals surface area contributed by atoms with Crippen molar-refractivity contribution >= 4 is 46.3 Å². The van der Waals surface area contributed by atoms with Gasteiger partial charge in [0, 0.05) is 13.1 Å². The van der Waals surface area contributed by atoms with Crippen LogP contribution in [-0.2, 0) is 9.59 Å². The molecule has 2 amide bonds. The third-order valence-corrected chi connectivity index (χ3v) is 5.77. The molecule has 0 aromatic heterocycles. The summed E-state index contributed by atoms with van der Waals surface area (Å²) in [5.74, 6) is -1.25. The van der Waals surface area contributed by atoms with Crippen LogP contribution in [0.15, 0.2) is 48.2 Å². The lowest BCUT2D eigenvalue weighted by Crippen LogP contribution is -2.37. The molecule has 0 unspecified atom stereocenters. The fourth-order valence-corrected chi connectivity index (χ4v) is 3.96. The summed E-state index contributed by atoms with van der Waals surface area (Å²) in [5.41, 5.74) is 1.53. The van der Waals surface area contributed by atoms with Crippen LogP contribution in [0.2, 0.25) is 10.0 Å². The van der Waals surface area contributed by atoms with Gasteiger partial charge < -0.3 is 4.90 Å². The minimum atomic E-state index is -0.449. The maximum Gasteiger partial charge on any atom is 0.282 e. The monoisotopic (exact) mass is 418 g/mol. The van der Waals surface area contributed by atoms with Gasteiger partial charge in [0.1, 0.15) is 11.5 Å². The molecule has 0 saturated carbocycles. The molecule has 0 N–H and O–H groups in total. The van der Waals surface area contributed by atoms with Crippen molar-refractivity contribution in [3.05, 3.63) is 69.6 Å². The van der Waals surface area contributed by atoms with Gasteiger partial charge in [0.05, 0.1) is 21.3 Å². The Morgan fingerprint density at radius 2 is 1.50 bits per heavy atom. The highest BCUT2D eigenvalue weighted by Gasteiger charge is 2.42. The van der Waals surface area contributed by atoms with Crippen molar-refractivity contribution in [3.63, 3.8) is 0 Å². The summed E-state index contributed by atoms with van der Waals surface area (Å²) < 4.78 is 13.4. The van der Waals surface area contributed by atoms with Crippen LogP contribution in [0.3, 0.4) is 0 Å². The van der Waals surface area contributed by atoms with E-state index in [1.54, 1.807) is 12.1 Å². The fraction of sp³-hybridized carbons (Fsp3) is 0.238. The zero-order chi connectivity index (χ0) is 19.8. The summed E-state index contributed by atoms with van der Waals surface area (Å²) in [4.78, 5) is 29.7. The highest BCUT2D eigenvalue weighted by molar-refractivity contribution is 6.46. The molecule has 0 aliphatic carbocycles. The second kappa shape index (κ2) is 7.57. The van der Waals surface area contributed by atoms with Crippen LogP contribution < -0.4 is 4.90 Å². The number of anilines is 1. The number of imide groups is 1. The van der Waals surface area contributed by atoms with E-state index in [-0.39, 0.29) is 10.6 Å². The first-order valence-electron chi connectivity index (χ1n) is 9.06. The van der Waals surface area contributed by atoms with Gasteiger partial charge >= 0.3 is 0 Å². The maximum absolute atomic E-state index is 13.4. The van der Waals surface area contributed by atoms with Crippen LogP contribution in [0.4, 0.5) is 10.1 Å². The molecule has 2 aliphatic heterocycles. The zero-order valence-corrected chi connectivity index (χ0v) is 16.4. The van der Waals surface area contributed by atoms with Crippen LogP contribution in [-0.4, -0.2) is 29.8 Å². The van der Waals surface area contributed by atoms with Gasteiger partial charge in [-0.25, -0.2) is 9.29 Å². The Labute approximate surface area is 172 Å². The van der Waals surface area contributed by atoms with Gasteiger partial charge in [0.2, 0.25) is 0 Å². The lowest BCUT2D eigenvalue weighted by Gasteiger charge is -2.29. The van der Waals surface area contributed by atoms with E-state index in [4.69, 9.17) is 23.2 Å². The molecule has 1 saturated heterocycles. The van der Waals surface area contributed by atoms with Crippen molar-refractivity contribution in [2.75, 3.05) is 18.0 Å². The van der Waals surface area contributed by atoms with Crippen molar-refractivity contribution in [1.82, 2.24) is 4.90 Å². The molecule has 0 atom stereocenters. The Bertz CT molecular complexity index is 982. The largest absolute Gasteiger partial charge is 0.366 e. The number of amides is 2. The molecule has 1 fully saturated rings. The van der Waals surface area contributed by atoms with Crippen molar-refractivity contribution < 1.29 is 14.0 Å². The third-order valence-electron chi connectivity index (χ3n) is 5.03. The maximum atomic E-state index is 13.4. The number of hydrogen-bond donors (Lipinski definition) is 0. The number of carbonyl (C=O) groups is 2. The van der Waals surface area contributed by atoms with Crippen LogP contribution in [0.5, 0.6) is 0 Å². The highest BCUT2D eigenvalue weighted by atomic mass is 35.5. The van der Waals surface area contributed by atoms with E-state index < -0.39 is 17.6 Å². The van der Waals surface area contributed by atoms with Gasteiger partial charge in [-0.05, 0) is 55.2 Å². The number of likely N-dealkylation sites (tertiary alicyclic amines) is 1. The summed E-state index contributed by atoms with van der Waals surface area (Å²) in [6.45, 7) is 1.41. The fourth-order valence-electron chi connectivity index (χ4n) is 3.66. The normalized spacial score (nSPS) is 17.7. The molecular weight excluding hydrogens is 402 g/mol. The number of rotatable bonds is 3. The van der Waals surface area contributed by atoms with Gasteiger partial charge in [0.15, 0.2) is 0 Å². The Kier molecular flexibility index (Phi) is 5.13. The second-order valence-corrected chi connectivity index (χ2v) is 7.64. The van der Waals surface area contributed by atoms with Crippen molar-refractivity contribution in [2.24, 2.45) is 0 Å². The molecular formula is C21H17Cl2FN2O2. The molecule has 4 rings (SSSR count). The van der Waals surface area contributed by atoms with Crippen molar-refractivity contribution in [2.45, 2.75) is 19.3 Å². The van der Waals surface area contributed by atoms with E-state index >= 15 is 0 Å². The topological polar surface area (TPSA) is 40.6 Å². The van der Waals surface area contributed by atoms with Crippen LogP contribution in [0.25, 0.3) is 5.57 Å². The Morgan fingerprint density at radius 1 is 0.821 bits per heavy atom. The summed E-state index contributed by atoms with van der Waals surface area (Å²) in [6.07, 6.45) is 3.00. The van der Waals surface area contributed by atoms with Crippen LogP contribution >= 0.6 is 23.2 Å². The molecule has 0 radical (unpaired) electrons. The molecule has 2 aliphatic rings. The minimum absolute atomic E-state index is 0.259. The Hall–Kier alpha value is -2.37. The summed E-state index contributed by atoms with van der Waals surface area (Å²) in [7, 11) is 0. The van der Waals surface area contributed by atoms with Crippen LogP contribution in [0, 0.1) is 5.82 Å². The molecule has 0 bridgehead atoms. The average Bonchev–Trinajstić information content (AvgIpc) is 2.96. The first-order chi connectivity index (χ1) is 13.5. The van der Waals surface area contributed by atoms with Gasteiger partial charge in [-0.15, -0.1) is 0 Å². The summed E-state index contributed by atoms with van der Waals surface area (Å²) in [6, 6.07) is 10.3. The predicted molar refractivity (Wildman–Crippen MR) is 108 cm³/mol. The van der Waals surface area contributed by atoms with Crippen molar-refractivity contribution in [1.29, 1.82) is 0 Å². The molecule has 144 valence electrons. The van der Waals surface area contributed by atoms with Crippen molar-refractivity contribution in [3.8, 4) is 0 Å². The Balaban J connectivity index is 1.82. The minimum Gasteiger partial charge on any atom is -0.366 e. The number of halogens is 3. The standard InChI is InChI=1S/C21H17Cl2FN2O2/c22-16-9-8-15(12-17(16)23)26-20(27)18(13-4-6-14(24)7-5-13)19(21(26)28)25-10-2-1-3-11-25/h4-9,12H,1-3,10-11H2. The van der Waals surface area contributed by atoms with Gasteiger partial charge in [-0.1, -0.05) is 35.3 Å². The molecule has 4 nitrogen and oxygen atoms in total. The predicted octanol–water partition coefficient (Wildman–Crippen LogP) is 4.90. The highest BCUT2D eigenvalue weighted by Crippen LogP contribution is 2.37. The number of benzene rings is 2. The molecule has 2 heterocycles. The van der Waals surface area contributed by atoms with E-state index in [1.807, 2.05) is 4.90 Å². The Morgan fingerprint density at radius 3 is 2.14 bits per heavy atom. The third kappa shape index (κ3) is 3.29. The zero-order valence-electron chi connectivity index (χ0n) is 14.9. The lowest BCUT2D eigenvalue weighted by molar-refractivity contribution is -0.120. The first-order valence-corrected chi connectivity index (χ1v) is 9.82. The van der Waals surface area contributed by atoms with E-state index in [0.29, 0.717) is 35.1 Å². The number of nitrogens with zero attached hydrogens (tertiary/aromatic N) is 2. The van der Waals surface area contributed by atoms with Gasteiger partial charge in [0.25, 0.3) is 11.8 Å². The first kappa shape index (κ1) is 19.0. The van der Waals surface area contributed by atoms with Gasteiger partial charge in [-0.2, -0.15) is 0 Å². The summed E-state index contributed by atoms with van der Waals surface area (Å²) in [5, 5.41) is 0.599. The van der Waals surface area contributed by atoms with E-state index in [1.165, 1.54) is 30.3 Å². The lowest BCUT2D eigenvalue weighted by atomic mass is 10.0. The number of hydrogen-bond acceptors (Lipinski definition) is 3. The smallest absolute Gasteiger partial charge is 0.282 e. The SMILES string of the molecule is O=C1C(c2ccc(F)cc2)=C(N2CCCCC2)C(=O)N1c1ccc(Cl)c(Cl)c1.